The SMILES string of the molecule is OC[C@@H](O)[C@H](O)[C@H](O)C=NO. The highest BCUT2D eigenvalue weighted by Gasteiger charge is 2.22. The van der Waals surface area contributed by atoms with Crippen molar-refractivity contribution < 1.29 is 25.6 Å². The smallest absolute Gasteiger partial charge is 0.121 e. The molecule has 0 aromatic heterocycles. The van der Waals surface area contributed by atoms with Crippen molar-refractivity contribution in [2.24, 2.45) is 5.16 Å². The van der Waals surface area contributed by atoms with E-state index in [0.29, 0.717) is 6.21 Å². The molecular weight excluding hydrogens is 154 g/mol. The van der Waals surface area contributed by atoms with Gasteiger partial charge in [0.1, 0.15) is 18.3 Å². The second kappa shape index (κ2) is 5.03. The Balaban J connectivity index is 3.90. The van der Waals surface area contributed by atoms with Crippen molar-refractivity contribution in [3.63, 3.8) is 0 Å². The van der Waals surface area contributed by atoms with Gasteiger partial charge in [-0.15, -0.1) is 0 Å². The van der Waals surface area contributed by atoms with Gasteiger partial charge in [0.2, 0.25) is 0 Å². The Bertz CT molecular complexity index is 128. The Kier molecular flexibility index (Phi) is 4.71. The first-order valence-corrected chi connectivity index (χ1v) is 2.96. The second-order valence-corrected chi connectivity index (χ2v) is 2.00. The molecule has 11 heavy (non-hydrogen) atoms. The van der Waals surface area contributed by atoms with E-state index in [1.807, 2.05) is 0 Å². The van der Waals surface area contributed by atoms with E-state index in [1.165, 1.54) is 0 Å². The third-order valence-electron chi connectivity index (χ3n) is 1.15. The van der Waals surface area contributed by atoms with E-state index in [-0.39, 0.29) is 0 Å². The molecule has 0 rings (SSSR count). The molecule has 0 bridgehead atoms. The molecule has 0 unspecified atom stereocenters. The van der Waals surface area contributed by atoms with Crippen molar-refractivity contribution in [3.05, 3.63) is 0 Å². The zero-order valence-electron chi connectivity index (χ0n) is 5.70. The highest BCUT2D eigenvalue weighted by atomic mass is 16.4. The quantitative estimate of drug-likeness (QED) is 0.180. The molecule has 0 aliphatic carbocycles. The minimum absolute atomic E-state index is 0.642. The fourth-order valence-electron chi connectivity index (χ4n) is 0.492. The zero-order chi connectivity index (χ0) is 8.85. The number of nitrogens with zero attached hydrogens (tertiary/aromatic N) is 1. The Morgan fingerprint density at radius 1 is 1.27 bits per heavy atom. The Labute approximate surface area is 63.0 Å². The van der Waals surface area contributed by atoms with E-state index in [1.54, 1.807) is 0 Å². The summed E-state index contributed by atoms with van der Waals surface area (Å²) >= 11 is 0. The van der Waals surface area contributed by atoms with Gasteiger partial charge < -0.3 is 25.6 Å². The molecule has 5 N–H and O–H groups in total. The van der Waals surface area contributed by atoms with E-state index in [2.05, 4.69) is 5.16 Å². The van der Waals surface area contributed by atoms with Crippen molar-refractivity contribution in [3.8, 4) is 0 Å². The molecule has 6 nitrogen and oxygen atoms in total. The molecule has 0 aliphatic rings. The molecule has 0 fully saturated rings. The van der Waals surface area contributed by atoms with Crippen LogP contribution in [0.15, 0.2) is 5.16 Å². The number of oxime groups is 1. The highest BCUT2D eigenvalue weighted by Crippen LogP contribution is 1.97. The molecule has 0 saturated heterocycles. The number of aliphatic hydroxyl groups is 4. The molecule has 0 aromatic rings. The maximum absolute atomic E-state index is 8.85. The molecule has 0 amide bonds. The maximum Gasteiger partial charge on any atom is 0.121 e. The summed E-state index contributed by atoms with van der Waals surface area (Å²) in [6.07, 6.45) is -3.83. The van der Waals surface area contributed by atoms with Gasteiger partial charge in [-0.2, -0.15) is 0 Å². The van der Waals surface area contributed by atoms with Crippen LogP contribution in [0.3, 0.4) is 0 Å². The Morgan fingerprint density at radius 3 is 2.18 bits per heavy atom. The van der Waals surface area contributed by atoms with E-state index < -0.39 is 24.9 Å². The number of hydrogen-bond donors (Lipinski definition) is 5. The van der Waals surface area contributed by atoms with Crippen LogP contribution in [-0.4, -0.2) is 56.8 Å². The zero-order valence-corrected chi connectivity index (χ0v) is 5.70. The van der Waals surface area contributed by atoms with Gasteiger partial charge >= 0.3 is 0 Å². The van der Waals surface area contributed by atoms with Crippen LogP contribution in [0.5, 0.6) is 0 Å². The molecular formula is C5H11NO5. The van der Waals surface area contributed by atoms with Crippen molar-refractivity contribution in [1.29, 1.82) is 0 Å². The minimum Gasteiger partial charge on any atom is -0.411 e. The van der Waals surface area contributed by atoms with Gasteiger partial charge in [0.15, 0.2) is 0 Å². The van der Waals surface area contributed by atoms with E-state index in [4.69, 9.17) is 25.6 Å². The van der Waals surface area contributed by atoms with E-state index >= 15 is 0 Å². The van der Waals surface area contributed by atoms with Crippen LogP contribution < -0.4 is 0 Å². The number of rotatable bonds is 4. The van der Waals surface area contributed by atoms with Gasteiger partial charge in [-0.05, 0) is 0 Å². The van der Waals surface area contributed by atoms with Gasteiger partial charge in [-0.25, -0.2) is 0 Å². The number of aliphatic hydroxyl groups excluding tert-OH is 4. The fourth-order valence-corrected chi connectivity index (χ4v) is 0.492. The van der Waals surface area contributed by atoms with Crippen molar-refractivity contribution in [1.82, 2.24) is 0 Å². The van der Waals surface area contributed by atoms with Crippen LogP contribution in [0.1, 0.15) is 0 Å². The van der Waals surface area contributed by atoms with Crippen LogP contribution in [0.4, 0.5) is 0 Å². The molecule has 0 saturated carbocycles. The Hall–Kier alpha value is -0.690. The first-order valence-electron chi connectivity index (χ1n) is 2.96. The lowest BCUT2D eigenvalue weighted by molar-refractivity contribution is -0.0546. The van der Waals surface area contributed by atoms with Crippen LogP contribution in [0, 0.1) is 0 Å². The van der Waals surface area contributed by atoms with E-state index in [0.717, 1.165) is 0 Å². The van der Waals surface area contributed by atoms with Crippen molar-refractivity contribution in [2.45, 2.75) is 18.3 Å². The molecule has 0 aromatic carbocycles. The summed E-state index contributed by atoms with van der Waals surface area (Å²) in [5.41, 5.74) is 0. The van der Waals surface area contributed by atoms with Gasteiger partial charge in [0.05, 0.1) is 12.8 Å². The first-order chi connectivity index (χ1) is 5.13. The maximum atomic E-state index is 8.85. The second-order valence-electron chi connectivity index (χ2n) is 2.00. The normalized spacial score (nSPS) is 20.0. The predicted octanol–water partition coefficient (Wildman–Crippen LogP) is -2.48. The molecule has 0 spiro atoms. The highest BCUT2D eigenvalue weighted by molar-refractivity contribution is 5.62. The third kappa shape index (κ3) is 3.28. The van der Waals surface area contributed by atoms with Gasteiger partial charge in [-0.3, -0.25) is 0 Å². The van der Waals surface area contributed by atoms with Gasteiger partial charge in [-0.1, -0.05) is 5.16 Å². The third-order valence-corrected chi connectivity index (χ3v) is 1.15. The largest absolute Gasteiger partial charge is 0.411 e. The lowest BCUT2D eigenvalue weighted by Gasteiger charge is -2.17. The van der Waals surface area contributed by atoms with Crippen LogP contribution >= 0.6 is 0 Å². The summed E-state index contributed by atoms with van der Waals surface area (Å²) in [6, 6.07) is 0. The lowest BCUT2D eigenvalue weighted by Crippen LogP contribution is -2.40. The lowest BCUT2D eigenvalue weighted by atomic mass is 10.1. The predicted molar refractivity (Wildman–Crippen MR) is 35.4 cm³/mol. The molecule has 0 heterocycles. The standard InChI is InChI=1S/C5H11NO5/c7-2-4(9)5(10)3(8)1-6-11/h1,3-5,7-11H,2H2/t3-,4-,5-/m1/s1. The van der Waals surface area contributed by atoms with Crippen molar-refractivity contribution >= 4 is 6.21 Å². The monoisotopic (exact) mass is 165 g/mol. The molecule has 6 heteroatoms. The summed E-state index contributed by atoms with van der Waals surface area (Å²) in [4.78, 5) is 0. The fraction of sp³-hybridized carbons (Fsp3) is 0.800. The van der Waals surface area contributed by atoms with Crippen molar-refractivity contribution in [2.75, 3.05) is 6.61 Å². The summed E-state index contributed by atoms with van der Waals surface area (Å²) in [5.74, 6) is 0. The van der Waals surface area contributed by atoms with Gasteiger partial charge in [0.25, 0.3) is 0 Å². The van der Waals surface area contributed by atoms with Gasteiger partial charge in [0, 0.05) is 0 Å². The Morgan fingerprint density at radius 2 is 1.82 bits per heavy atom. The summed E-state index contributed by atoms with van der Waals surface area (Å²) in [5, 5.41) is 45.0. The minimum atomic E-state index is -1.55. The molecule has 0 aliphatic heterocycles. The topological polar surface area (TPSA) is 114 Å². The summed E-state index contributed by atoms with van der Waals surface area (Å²) < 4.78 is 0. The summed E-state index contributed by atoms with van der Waals surface area (Å²) in [7, 11) is 0. The average Bonchev–Trinajstić information content (AvgIpc) is 2.02. The number of hydrogen-bond acceptors (Lipinski definition) is 6. The average molecular weight is 165 g/mol. The molecule has 3 atom stereocenters. The first kappa shape index (κ1) is 10.3. The van der Waals surface area contributed by atoms with Crippen LogP contribution in [0.2, 0.25) is 0 Å². The van der Waals surface area contributed by atoms with E-state index in [9.17, 15) is 0 Å². The molecule has 66 valence electrons. The van der Waals surface area contributed by atoms with Crippen LogP contribution in [-0.2, 0) is 0 Å². The molecule has 0 radical (unpaired) electrons. The van der Waals surface area contributed by atoms with Crippen LogP contribution in [0.25, 0.3) is 0 Å². The summed E-state index contributed by atoms with van der Waals surface area (Å²) in [6.45, 7) is -0.669.